The Labute approximate surface area is 71.6 Å². The Balaban J connectivity index is 3.85. The Morgan fingerprint density at radius 3 is 2.58 bits per heavy atom. The lowest BCUT2D eigenvalue weighted by Crippen LogP contribution is -2.42. The SMILES string of the molecule is C=CCC(C[N+]([O-])(O)O)OCC. The van der Waals surface area contributed by atoms with E-state index in [9.17, 15) is 5.21 Å². The van der Waals surface area contributed by atoms with E-state index in [0.717, 1.165) is 0 Å². The van der Waals surface area contributed by atoms with Crippen LogP contribution in [-0.4, -0.2) is 34.6 Å². The molecule has 0 aliphatic carbocycles. The first-order valence-corrected chi connectivity index (χ1v) is 3.76. The Kier molecular flexibility index (Phi) is 5.03. The highest BCUT2D eigenvalue weighted by molar-refractivity contribution is 4.72. The molecule has 0 rings (SSSR count). The molecule has 0 fully saturated rings. The van der Waals surface area contributed by atoms with Gasteiger partial charge in [-0.1, -0.05) is 11.0 Å². The summed E-state index contributed by atoms with van der Waals surface area (Å²) in [7, 11) is 0. The van der Waals surface area contributed by atoms with Gasteiger partial charge in [0.1, 0.15) is 6.10 Å². The number of ether oxygens (including phenoxy) is 1. The summed E-state index contributed by atoms with van der Waals surface area (Å²) in [5, 5.41) is 27.3. The standard InChI is InChI=1S/C7H15NO4/c1-3-5-7(12-4-2)6-8(9,10)11/h3,7,9-10H,1,4-6H2,2H3. The van der Waals surface area contributed by atoms with Gasteiger partial charge in [0, 0.05) is 6.61 Å². The first-order valence-electron chi connectivity index (χ1n) is 3.76. The molecule has 0 saturated heterocycles. The maximum atomic E-state index is 10.4. The predicted molar refractivity (Wildman–Crippen MR) is 42.3 cm³/mol. The van der Waals surface area contributed by atoms with Crippen molar-refractivity contribution < 1.29 is 20.1 Å². The van der Waals surface area contributed by atoms with E-state index in [1.807, 2.05) is 0 Å². The second-order valence-corrected chi connectivity index (χ2v) is 2.45. The fraction of sp³-hybridized carbons (Fsp3) is 0.714. The van der Waals surface area contributed by atoms with Crippen LogP contribution >= 0.6 is 0 Å². The molecule has 0 aliphatic heterocycles. The van der Waals surface area contributed by atoms with Crippen molar-refractivity contribution >= 4 is 0 Å². The average molecular weight is 177 g/mol. The van der Waals surface area contributed by atoms with Gasteiger partial charge in [0.2, 0.25) is 0 Å². The van der Waals surface area contributed by atoms with Crippen LogP contribution in [0.25, 0.3) is 0 Å². The smallest absolute Gasteiger partial charge is 0.168 e. The van der Waals surface area contributed by atoms with E-state index in [1.54, 1.807) is 13.0 Å². The van der Waals surface area contributed by atoms with Crippen LogP contribution in [0.3, 0.4) is 0 Å². The summed E-state index contributed by atoms with van der Waals surface area (Å²) in [6, 6.07) is 0. The minimum absolute atomic E-state index is 0.403. The number of rotatable bonds is 6. The van der Waals surface area contributed by atoms with Crippen LogP contribution < -0.4 is 0 Å². The predicted octanol–water partition coefficient (Wildman–Crippen LogP) is 1.06. The summed E-state index contributed by atoms with van der Waals surface area (Å²) in [6.45, 7) is 5.25. The van der Waals surface area contributed by atoms with Gasteiger partial charge in [0.25, 0.3) is 0 Å². The molecule has 12 heavy (non-hydrogen) atoms. The van der Waals surface area contributed by atoms with Gasteiger partial charge in [0.15, 0.2) is 6.54 Å². The summed E-state index contributed by atoms with van der Waals surface area (Å²) in [5.74, 6) is 0. The Morgan fingerprint density at radius 1 is 1.67 bits per heavy atom. The van der Waals surface area contributed by atoms with Gasteiger partial charge in [-0.25, -0.2) is 0 Å². The molecule has 0 spiro atoms. The number of hydrogen-bond acceptors (Lipinski definition) is 4. The molecule has 0 aromatic carbocycles. The van der Waals surface area contributed by atoms with Gasteiger partial charge in [0.05, 0.1) is 0 Å². The van der Waals surface area contributed by atoms with Gasteiger partial charge in [-0.3, -0.25) is 0 Å². The molecular weight excluding hydrogens is 162 g/mol. The van der Waals surface area contributed by atoms with E-state index < -0.39 is 17.6 Å². The van der Waals surface area contributed by atoms with Crippen molar-refractivity contribution in [3.63, 3.8) is 0 Å². The normalized spacial score (nSPS) is 14.3. The van der Waals surface area contributed by atoms with Crippen molar-refractivity contribution in [1.29, 1.82) is 0 Å². The van der Waals surface area contributed by atoms with Gasteiger partial charge in [-0.2, -0.15) is 10.4 Å². The van der Waals surface area contributed by atoms with Crippen molar-refractivity contribution in [2.75, 3.05) is 13.2 Å². The Bertz CT molecular complexity index is 132. The van der Waals surface area contributed by atoms with Crippen LogP contribution in [0.5, 0.6) is 0 Å². The molecule has 1 atom stereocenters. The molecule has 0 radical (unpaired) electrons. The third-order valence-electron chi connectivity index (χ3n) is 1.27. The molecule has 0 heterocycles. The summed E-state index contributed by atoms with van der Waals surface area (Å²) in [6.07, 6.45) is 1.51. The molecule has 2 N–H and O–H groups in total. The highest BCUT2D eigenvalue weighted by Crippen LogP contribution is 2.04. The molecule has 5 heteroatoms. The minimum atomic E-state index is -2.31. The Hall–Kier alpha value is -0.460. The maximum absolute atomic E-state index is 10.4. The molecule has 72 valence electrons. The molecule has 1 unspecified atom stereocenters. The monoisotopic (exact) mass is 177 g/mol. The molecule has 0 bridgehead atoms. The van der Waals surface area contributed by atoms with E-state index in [1.165, 1.54) is 0 Å². The van der Waals surface area contributed by atoms with Crippen molar-refractivity contribution in [2.45, 2.75) is 19.4 Å². The summed E-state index contributed by atoms with van der Waals surface area (Å²) >= 11 is 0. The highest BCUT2D eigenvalue weighted by Gasteiger charge is 2.18. The average Bonchev–Trinajstić information content (AvgIpc) is 1.84. The zero-order valence-corrected chi connectivity index (χ0v) is 7.14. The first kappa shape index (κ1) is 11.5. The van der Waals surface area contributed by atoms with E-state index in [-0.39, 0.29) is 0 Å². The number of quaternary nitrogens is 1. The third kappa shape index (κ3) is 6.26. The fourth-order valence-electron chi connectivity index (χ4n) is 0.882. The van der Waals surface area contributed by atoms with E-state index in [0.29, 0.717) is 13.0 Å². The molecule has 0 saturated carbocycles. The topological polar surface area (TPSA) is 72.8 Å². The maximum Gasteiger partial charge on any atom is 0.168 e. The molecule has 0 aliphatic rings. The van der Waals surface area contributed by atoms with Crippen LogP contribution in [0, 0.1) is 5.21 Å². The van der Waals surface area contributed by atoms with Gasteiger partial charge < -0.3 is 9.94 Å². The molecule has 0 amide bonds. The zero-order chi connectivity index (χ0) is 9.61. The minimum Gasteiger partial charge on any atom is -0.564 e. The highest BCUT2D eigenvalue weighted by atomic mass is 17.1. The Morgan fingerprint density at radius 2 is 2.25 bits per heavy atom. The van der Waals surface area contributed by atoms with Crippen LogP contribution in [0.2, 0.25) is 0 Å². The quantitative estimate of drug-likeness (QED) is 0.361. The van der Waals surface area contributed by atoms with Crippen molar-refractivity contribution in [2.24, 2.45) is 0 Å². The van der Waals surface area contributed by atoms with Crippen LogP contribution in [0.15, 0.2) is 12.7 Å². The number of hydrogen-bond donors (Lipinski definition) is 2. The number of nitrogens with zero attached hydrogens (tertiary/aromatic N) is 1. The van der Waals surface area contributed by atoms with Crippen molar-refractivity contribution in [3.05, 3.63) is 17.9 Å². The third-order valence-corrected chi connectivity index (χ3v) is 1.27. The molecular formula is C7H15NO4. The van der Waals surface area contributed by atoms with Crippen molar-refractivity contribution in [3.8, 4) is 0 Å². The second kappa shape index (κ2) is 5.23. The lowest BCUT2D eigenvalue weighted by atomic mass is 10.2. The van der Waals surface area contributed by atoms with E-state index >= 15 is 0 Å². The first-order chi connectivity index (χ1) is 5.49. The second-order valence-electron chi connectivity index (χ2n) is 2.45. The largest absolute Gasteiger partial charge is 0.564 e. The lowest BCUT2D eigenvalue weighted by Gasteiger charge is -2.27. The molecule has 0 aromatic rings. The zero-order valence-electron chi connectivity index (χ0n) is 7.14. The fourth-order valence-corrected chi connectivity index (χ4v) is 0.882. The van der Waals surface area contributed by atoms with E-state index in [2.05, 4.69) is 6.58 Å². The molecule has 0 aromatic heterocycles. The number of hydroxylamine groups is 3. The van der Waals surface area contributed by atoms with Crippen molar-refractivity contribution in [1.82, 2.24) is 0 Å². The van der Waals surface area contributed by atoms with Gasteiger partial charge >= 0.3 is 0 Å². The summed E-state index contributed by atoms with van der Waals surface area (Å²) < 4.78 is 5.05. The van der Waals surface area contributed by atoms with E-state index in [4.69, 9.17) is 15.2 Å². The van der Waals surface area contributed by atoms with Crippen LogP contribution in [-0.2, 0) is 4.74 Å². The van der Waals surface area contributed by atoms with Gasteiger partial charge in [-0.05, 0) is 13.3 Å². The summed E-state index contributed by atoms with van der Waals surface area (Å²) in [4.78, 5) is -2.31. The molecule has 5 nitrogen and oxygen atoms in total. The lowest BCUT2D eigenvalue weighted by molar-refractivity contribution is -1.21. The van der Waals surface area contributed by atoms with Gasteiger partial charge in [-0.15, -0.1) is 6.58 Å². The van der Waals surface area contributed by atoms with Crippen LogP contribution in [0.4, 0.5) is 0 Å². The van der Waals surface area contributed by atoms with Crippen LogP contribution in [0.1, 0.15) is 13.3 Å². The summed E-state index contributed by atoms with van der Waals surface area (Å²) in [5.41, 5.74) is 0.